The highest BCUT2D eigenvalue weighted by Gasteiger charge is 2.27. The minimum atomic E-state index is -4.71. The molecule has 0 radical (unpaired) electrons. The van der Waals surface area contributed by atoms with Gasteiger partial charge in [-0.3, -0.25) is 14.2 Å². The molecule has 0 aromatic rings. The molecule has 3 atom stereocenters. The summed E-state index contributed by atoms with van der Waals surface area (Å²) in [5.41, 5.74) is 0. The number of esters is 1. The predicted molar refractivity (Wildman–Crippen MR) is 321 cm³/mol. The molecule has 75 heavy (non-hydrogen) atoms. The van der Waals surface area contributed by atoms with E-state index in [2.05, 4.69) is 44.3 Å². The van der Waals surface area contributed by atoms with E-state index >= 15 is 0 Å². The van der Waals surface area contributed by atoms with Gasteiger partial charge in [0, 0.05) is 12.8 Å². The molecule has 1 N–H and O–H groups in total. The highest BCUT2D eigenvalue weighted by Crippen LogP contribution is 2.38. The molecule has 0 heterocycles. The molecular weight excluding hydrogens is 952 g/mol. The molecular formula is C65H125N2O7P. The molecule has 0 saturated carbocycles. The SMILES string of the molecule is CCCCCCCC/C=C\C/C=C/CCC(=O)NC(COP(=O)([O-])OCC[N+](C)(C)C)C(/C=C\CCCCCCCCCCC)OC(=O)CCCCCCCCCCCCCCCCCCCCCCCCCCC. The molecule has 442 valence electrons. The van der Waals surface area contributed by atoms with Crippen LogP contribution in [0.3, 0.4) is 0 Å². The molecule has 3 unspecified atom stereocenters. The molecule has 0 aliphatic heterocycles. The summed E-state index contributed by atoms with van der Waals surface area (Å²) in [4.78, 5) is 39.9. The van der Waals surface area contributed by atoms with Gasteiger partial charge in [-0.05, 0) is 51.0 Å². The van der Waals surface area contributed by atoms with Crippen molar-refractivity contribution < 1.29 is 37.3 Å². The number of hydrogen-bond donors (Lipinski definition) is 1. The Hall–Kier alpha value is -1.77. The van der Waals surface area contributed by atoms with E-state index < -0.39 is 26.6 Å². The van der Waals surface area contributed by atoms with Crippen LogP contribution >= 0.6 is 7.82 Å². The zero-order chi connectivity index (χ0) is 55.0. The van der Waals surface area contributed by atoms with Gasteiger partial charge in [-0.1, -0.05) is 289 Å². The highest BCUT2D eigenvalue weighted by molar-refractivity contribution is 7.45. The Balaban J connectivity index is 5.04. The number of nitrogens with zero attached hydrogens (tertiary/aromatic N) is 1. The van der Waals surface area contributed by atoms with Crippen molar-refractivity contribution in [1.82, 2.24) is 5.32 Å². The Labute approximate surface area is 466 Å². The van der Waals surface area contributed by atoms with Crippen molar-refractivity contribution in [3.63, 3.8) is 0 Å². The number of carbonyl (C=O) groups excluding carboxylic acids is 2. The first kappa shape index (κ1) is 73.2. The number of amides is 1. The van der Waals surface area contributed by atoms with E-state index in [4.69, 9.17) is 13.8 Å². The first-order chi connectivity index (χ1) is 36.4. The van der Waals surface area contributed by atoms with Gasteiger partial charge < -0.3 is 28.5 Å². The van der Waals surface area contributed by atoms with Gasteiger partial charge in [0.25, 0.3) is 7.82 Å². The Morgan fingerprint density at radius 1 is 0.467 bits per heavy atom. The van der Waals surface area contributed by atoms with Gasteiger partial charge in [-0.15, -0.1) is 0 Å². The van der Waals surface area contributed by atoms with Crippen LogP contribution in [0.5, 0.6) is 0 Å². The van der Waals surface area contributed by atoms with Crippen LogP contribution in [0.4, 0.5) is 0 Å². The average Bonchev–Trinajstić information content (AvgIpc) is 3.37. The number of phosphoric ester groups is 1. The van der Waals surface area contributed by atoms with Gasteiger partial charge >= 0.3 is 5.97 Å². The van der Waals surface area contributed by atoms with Crippen LogP contribution in [-0.4, -0.2) is 69.4 Å². The van der Waals surface area contributed by atoms with Gasteiger partial charge in [0.15, 0.2) is 0 Å². The minimum absolute atomic E-state index is 0.0292. The molecule has 0 bridgehead atoms. The van der Waals surface area contributed by atoms with E-state index in [1.165, 1.54) is 225 Å². The van der Waals surface area contributed by atoms with E-state index in [0.717, 1.165) is 51.4 Å². The zero-order valence-electron chi connectivity index (χ0n) is 50.5. The summed E-state index contributed by atoms with van der Waals surface area (Å²) < 4.78 is 30.2. The number of ether oxygens (including phenoxy) is 1. The summed E-state index contributed by atoms with van der Waals surface area (Å²) in [5.74, 6) is -0.606. The van der Waals surface area contributed by atoms with Crippen molar-refractivity contribution in [3.8, 4) is 0 Å². The van der Waals surface area contributed by atoms with Crippen LogP contribution in [0.1, 0.15) is 316 Å². The lowest BCUT2D eigenvalue weighted by Gasteiger charge is -2.30. The molecule has 0 saturated heterocycles. The highest BCUT2D eigenvalue weighted by atomic mass is 31.2. The van der Waals surface area contributed by atoms with Crippen LogP contribution in [0, 0.1) is 0 Å². The second-order valence-corrected chi connectivity index (χ2v) is 24.7. The maximum Gasteiger partial charge on any atom is 0.306 e. The molecule has 0 spiro atoms. The van der Waals surface area contributed by atoms with Crippen LogP contribution < -0.4 is 10.2 Å². The van der Waals surface area contributed by atoms with E-state index in [0.29, 0.717) is 17.4 Å². The normalized spacial score (nSPS) is 13.9. The summed E-state index contributed by atoms with van der Waals surface area (Å²) in [6.45, 7) is 6.82. The van der Waals surface area contributed by atoms with Crippen LogP contribution in [-0.2, 0) is 27.9 Å². The summed E-state index contributed by atoms with van der Waals surface area (Å²) in [6, 6.07) is -0.914. The molecule has 0 aliphatic carbocycles. The maximum atomic E-state index is 13.5. The molecule has 0 aliphatic rings. The van der Waals surface area contributed by atoms with Crippen molar-refractivity contribution in [2.45, 2.75) is 328 Å². The van der Waals surface area contributed by atoms with Gasteiger partial charge in [0.2, 0.25) is 5.91 Å². The number of phosphoric acid groups is 1. The standard InChI is InChI=1S/C65H125N2O7P/c1-7-10-13-16-19-22-25-27-28-29-30-31-32-33-34-35-36-37-38-40-43-46-49-52-55-58-65(69)74-63(56-53-50-47-44-41-24-21-18-15-12-9-3)62(61-73-75(70,71)72-60-59-67(4,5)6)66-64(68)57-54-51-48-45-42-39-26-23-20-17-14-11-8-2/h39,42,48,51,53,56,62-63H,7-38,40-41,43-47,49-50,52,54-55,57-61H2,1-6H3,(H-,66,68,70,71)/b42-39-,51-48+,56-53-. The first-order valence-electron chi connectivity index (χ1n) is 32.3. The van der Waals surface area contributed by atoms with Gasteiger partial charge in [0.05, 0.1) is 33.8 Å². The second-order valence-electron chi connectivity index (χ2n) is 23.3. The van der Waals surface area contributed by atoms with Crippen LogP contribution in [0.25, 0.3) is 0 Å². The molecule has 1 amide bonds. The molecule has 10 heteroatoms. The number of carbonyl (C=O) groups is 2. The quantitative estimate of drug-likeness (QED) is 0.0212. The number of hydrogen-bond acceptors (Lipinski definition) is 7. The molecule has 0 fully saturated rings. The number of quaternary nitrogens is 1. The number of rotatable bonds is 59. The van der Waals surface area contributed by atoms with E-state index in [1.807, 2.05) is 39.4 Å². The van der Waals surface area contributed by atoms with Gasteiger partial charge in [-0.25, -0.2) is 0 Å². The Kier molecular flexibility index (Phi) is 54.2. The molecule has 0 rings (SSSR count). The number of nitrogens with one attached hydrogen (secondary N) is 1. The largest absolute Gasteiger partial charge is 0.756 e. The van der Waals surface area contributed by atoms with Gasteiger partial charge in [0.1, 0.15) is 19.3 Å². The van der Waals surface area contributed by atoms with Crippen molar-refractivity contribution in [2.75, 3.05) is 40.9 Å². The fourth-order valence-corrected chi connectivity index (χ4v) is 10.3. The maximum absolute atomic E-state index is 13.5. The zero-order valence-corrected chi connectivity index (χ0v) is 51.4. The van der Waals surface area contributed by atoms with Crippen molar-refractivity contribution in [3.05, 3.63) is 36.5 Å². The lowest BCUT2D eigenvalue weighted by Crippen LogP contribution is -2.47. The molecule has 9 nitrogen and oxygen atoms in total. The van der Waals surface area contributed by atoms with Crippen molar-refractivity contribution >= 4 is 19.7 Å². The third-order valence-electron chi connectivity index (χ3n) is 14.6. The predicted octanol–water partition coefficient (Wildman–Crippen LogP) is 19.3. The van der Waals surface area contributed by atoms with Crippen molar-refractivity contribution in [2.24, 2.45) is 0 Å². The van der Waals surface area contributed by atoms with E-state index in [-0.39, 0.29) is 31.3 Å². The first-order valence-corrected chi connectivity index (χ1v) is 33.8. The summed E-state index contributed by atoms with van der Waals surface area (Å²) in [6.07, 6.45) is 67.2. The Morgan fingerprint density at radius 2 is 0.827 bits per heavy atom. The van der Waals surface area contributed by atoms with E-state index in [1.54, 1.807) is 0 Å². The average molecular weight is 1080 g/mol. The Bertz CT molecular complexity index is 1380. The molecule has 0 aromatic carbocycles. The number of likely N-dealkylation sites (N-methyl/N-ethyl adjacent to an activating group) is 1. The third kappa shape index (κ3) is 56.8. The second kappa shape index (κ2) is 55.5. The van der Waals surface area contributed by atoms with Crippen molar-refractivity contribution in [1.29, 1.82) is 0 Å². The fraction of sp³-hybridized carbons (Fsp3) is 0.877. The van der Waals surface area contributed by atoms with Gasteiger partial charge in [-0.2, -0.15) is 0 Å². The fourth-order valence-electron chi connectivity index (χ4n) is 9.57. The van der Waals surface area contributed by atoms with Crippen LogP contribution in [0.2, 0.25) is 0 Å². The Morgan fingerprint density at radius 3 is 1.23 bits per heavy atom. The summed E-state index contributed by atoms with van der Waals surface area (Å²) >= 11 is 0. The summed E-state index contributed by atoms with van der Waals surface area (Å²) in [7, 11) is 1.17. The lowest BCUT2D eigenvalue weighted by atomic mass is 10.0. The summed E-state index contributed by atoms with van der Waals surface area (Å²) in [5, 5.41) is 2.99. The minimum Gasteiger partial charge on any atom is -0.756 e. The lowest BCUT2D eigenvalue weighted by molar-refractivity contribution is -0.870. The molecule has 0 aromatic heterocycles. The van der Waals surface area contributed by atoms with Crippen LogP contribution in [0.15, 0.2) is 36.5 Å². The number of unbranched alkanes of at least 4 members (excludes halogenated alkanes) is 39. The number of allylic oxidation sites excluding steroid dienone is 5. The monoisotopic (exact) mass is 1080 g/mol. The topological polar surface area (TPSA) is 114 Å². The smallest absolute Gasteiger partial charge is 0.306 e. The third-order valence-corrected chi connectivity index (χ3v) is 15.6. The van der Waals surface area contributed by atoms with E-state index in [9.17, 15) is 19.0 Å².